The van der Waals surface area contributed by atoms with Crippen molar-refractivity contribution >= 4 is 17.4 Å². The third-order valence-corrected chi connectivity index (χ3v) is 2.81. The van der Waals surface area contributed by atoms with Crippen LogP contribution in [-0.2, 0) is 6.42 Å². The Balaban J connectivity index is 2.44. The summed E-state index contributed by atoms with van der Waals surface area (Å²) < 4.78 is 0. The summed E-state index contributed by atoms with van der Waals surface area (Å²) in [4.78, 5) is 16.4. The normalized spacial score (nSPS) is 10.2. The SMILES string of the molecule is CCc1cccnc1C(=O)c1cccc(Cl)c1. The third kappa shape index (κ3) is 2.53. The molecule has 0 fully saturated rings. The van der Waals surface area contributed by atoms with E-state index in [0.29, 0.717) is 16.3 Å². The minimum absolute atomic E-state index is 0.0787. The lowest BCUT2D eigenvalue weighted by molar-refractivity contribution is 0.103. The van der Waals surface area contributed by atoms with Crippen molar-refractivity contribution in [2.24, 2.45) is 0 Å². The number of hydrogen-bond acceptors (Lipinski definition) is 2. The molecule has 1 heterocycles. The molecule has 0 aliphatic heterocycles. The molecule has 0 radical (unpaired) electrons. The van der Waals surface area contributed by atoms with Gasteiger partial charge in [0.25, 0.3) is 0 Å². The predicted molar refractivity (Wildman–Crippen MR) is 68.5 cm³/mol. The topological polar surface area (TPSA) is 30.0 Å². The van der Waals surface area contributed by atoms with Gasteiger partial charge in [0, 0.05) is 16.8 Å². The summed E-state index contributed by atoms with van der Waals surface area (Å²) in [6.07, 6.45) is 2.42. The van der Waals surface area contributed by atoms with Crippen molar-refractivity contribution in [3.05, 3.63) is 64.4 Å². The predicted octanol–water partition coefficient (Wildman–Crippen LogP) is 3.53. The molecule has 0 atom stereocenters. The van der Waals surface area contributed by atoms with E-state index in [1.807, 2.05) is 19.1 Å². The van der Waals surface area contributed by atoms with Gasteiger partial charge < -0.3 is 0 Å². The van der Waals surface area contributed by atoms with Crippen molar-refractivity contribution in [1.82, 2.24) is 4.98 Å². The Kier molecular flexibility index (Phi) is 3.55. The summed E-state index contributed by atoms with van der Waals surface area (Å²) in [5, 5.41) is 0.560. The largest absolute Gasteiger partial charge is 0.287 e. The molecule has 0 saturated heterocycles. The Bertz CT molecular complexity index is 551. The molecule has 2 nitrogen and oxygen atoms in total. The van der Waals surface area contributed by atoms with Gasteiger partial charge in [-0.05, 0) is 30.2 Å². The van der Waals surface area contributed by atoms with Gasteiger partial charge in [-0.2, -0.15) is 0 Å². The van der Waals surface area contributed by atoms with E-state index in [1.165, 1.54) is 0 Å². The van der Waals surface area contributed by atoms with Gasteiger partial charge >= 0.3 is 0 Å². The maximum Gasteiger partial charge on any atom is 0.211 e. The van der Waals surface area contributed by atoms with Crippen molar-refractivity contribution in [1.29, 1.82) is 0 Å². The Morgan fingerprint density at radius 3 is 2.82 bits per heavy atom. The molecule has 0 amide bonds. The first kappa shape index (κ1) is 11.8. The molecule has 0 aliphatic carbocycles. The first-order chi connectivity index (χ1) is 8.22. The summed E-state index contributed by atoms with van der Waals surface area (Å²) in [5.41, 5.74) is 2.04. The van der Waals surface area contributed by atoms with Crippen LogP contribution in [0.3, 0.4) is 0 Å². The lowest BCUT2D eigenvalue weighted by atomic mass is 10.0. The number of aromatic nitrogens is 1. The third-order valence-electron chi connectivity index (χ3n) is 2.57. The molecule has 0 bridgehead atoms. The van der Waals surface area contributed by atoms with Crippen LogP contribution < -0.4 is 0 Å². The van der Waals surface area contributed by atoms with Gasteiger partial charge in [0.2, 0.25) is 5.78 Å². The zero-order valence-electron chi connectivity index (χ0n) is 9.48. The number of nitrogens with zero attached hydrogens (tertiary/aromatic N) is 1. The van der Waals surface area contributed by atoms with Crippen LogP contribution in [0.15, 0.2) is 42.6 Å². The van der Waals surface area contributed by atoms with Crippen molar-refractivity contribution in [2.45, 2.75) is 13.3 Å². The molecule has 0 saturated carbocycles. The molecular formula is C14H12ClNO. The highest BCUT2D eigenvalue weighted by atomic mass is 35.5. The fourth-order valence-corrected chi connectivity index (χ4v) is 1.89. The molecule has 2 rings (SSSR count). The molecule has 1 aromatic carbocycles. The van der Waals surface area contributed by atoms with E-state index in [9.17, 15) is 4.79 Å². The highest BCUT2D eigenvalue weighted by Crippen LogP contribution is 2.16. The Labute approximate surface area is 105 Å². The van der Waals surface area contributed by atoms with Gasteiger partial charge in [-0.25, -0.2) is 0 Å². The van der Waals surface area contributed by atoms with Crippen molar-refractivity contribution in [3.8, 4) is 0 Å². The zero-order valence-corrected chi connectivity index (χ0v) is 10.2. The lowest BCUT2D eigenvalue weighted by Gasteiger charge is -2.05. The molecule has 0 spiro atoms. The summed E-state index contributed by atoms with van der Waals surface area (Å²) in [6, 6.07) is 10.7. The smallest absolute Gasteiger partial charge is 0.211 e. The second-order valence-electron chi connectivity index (χ2n) is 3.70. The van der Waals surface area contributed by atoms with Gasteiger partial charge in [-0.1, -0.05) is 36.7 Å². The van der Waals surface area contributed by atoms with Crippen LogP contribution in [0.4, 0.5) is 0 Å². The Hall–Kier alpha value is -1.67. The Morgan fingerprint density at radius 1 is 1.29 bits per heavy atom. The highest BCUT2D eigenvalue weighted by Gasteiger charge is 2.13. The summed E-state index contributed by atoms with van der Waals surface area (Å²) in [5.74, 6) is -0.0787. The van der Waals surface area contributed by atoms with Gasteiger partial charge in [0.1, 0.15) is 5.69 Å². The zero-order chi connectivity index (χ0) is 12.3. The van der Waals surface area contributed by atoms with E-state index in [0.717, 1.165) is 12.0 Å². The van der Waals surface area contributed by atoms with E-state index < -0.39 is 0 Å². The molecule has 0 unspecified atom stereocenters. The number of rotatable bonds is 3. The molecule has 2 aromatic rings. The number of hydrogen-bond donors (Lipinski definition) is 0. The fraction of sp³-hybridized carbons (Fsp3) is 0.143. The maximum atomic E-state index is 12.3. The van der Waals surface area contributed by atoms with Crippen LogP contribution in [0.2, 0.25) is 5.02 Å². The number of benzene rings is 1. The number of carbonyl (C=O) groups is 1. The minimum atomic E-state index is -0.0787. The number of pyridine rings is 1. The highest BCUT2D eigenvalue weighted by molar-refractivity contribution is 6.31. The van der Waals surface area contributed by atoms with Gasteiger partial charge in [-0.3, -0.25) is 9.78 Å². The molecule has 1 aromatic heterocycles. The second-order valence-corrected chi connectivity index (χ2v) is 4.14. The van der Waals surface area contributed by atoms with Crippen LogP contribution in [0.25, 0.3) is 0 Å². The number of carbonyl (C=O) groups excluding carboxylic acids is 1. The van der Waals surface area contributed by atoms with Gasteiger partial charge in [0.15, 0.2) is 0 Å². The van der Waals surface area contributed by atoms with Crippen molar-refractivity contribution in [3.63, 3.8) is 0 Å². The van der Waals surface area contributed by atoms with E-state index in [-0.39, 0.29) is 5.78 Å². The van der Waals surface area contributed by atoms with Crippen LogP contribution in [-0.4, -0.2) is 10.8 Å². The molecule has 0 N–H and O–H groups in total. The van der Waals surface area contributed by atoms with Crippen molar-refractivity contribution in [2.75, 3.05) is 0 Å². The lowest BCUT2D eigenvalue weighted by Crippen LogP contribution is -2.07. The van der Waals surface area contributed by atoms with Gasteiger partial charge in [0.05, 0.1) is 0 Å². The van der Waals surface area contributed by atoms with Crippen LogP contribution in [0, 0.1) is 0 Å². The van der Waals surface area contributed by atoms with Crippen LogP contribution >= 0.6 is 11.6 Å². The molecule has 86 valence electrons. The minimum Gasteiger partial charge on any atom is -0.287 e. The monoisotopic (exact) mass is 245 g/mol. The molecular weight excluding hydrogens is 234 g/mol. The molecule has 17 heavy (non-hydrogen) atoms. The standard InChI is InChI=1S/C14H12ClNO/c1-2-10-6-4-8-16-13(10)14(17)11-5-3-7-12(15)9-11/h3-9H,2H2,1H3. The molecule has 3 heteroatoms. The van der Waals surface area contributed by atoms with E-state index in [2.05, 4.69) is 4.98 Å². The average Bonchev–Trinajstić information content (AvgIpc) is 2.38. The molecule has 0 aliphatic rings. The summed E-state index contributed by atoms with van der Waals surface area (Å²) >= 11 is 5.88. The quantitative estimate of drug-likeness (QED) is 0.775. The first-order valence-electron chi connectivity index (χ1n) is 5.46. The number of aryl methyl sites for hydroxylation is 1. The average molecular weight is 246 g/mol. The second kappa shape index (κ2) is 5.11. The summed E-state index contributed by atoms with van der Waals surface area (Å²) in [7, 11) is 0. The van der Waals surface area contributed by atoms with E-state index in [1.54, 1.807) is 30.5 Å². The van der Waals surface area contributed by atoms with Crippen LogP contribution in [0.5, 0.6) is 0 Å². The van der Waals surface area contributed by atoms with E-state index >= 15 is 0 Å². The van der Waals surface area contributed by atoms with Gasteiger partial charge in [-0.15, -0.1) is 0 Å². The van der Waals surface area contributed by atoms with E-state index in [4.69, 9.17) is 11.6 Å². The fourth-order valence-electron chi connectivity index (χ4n) is 1.69. The first-order valence-corrected chi connectivity index (χ1v) is 5.84. The number of halogens is 1. The maximum absolute atomic E-state index is 12.3. The number of ketones is 1. The summed E-state index contributed by atoms with van der Waals surface area (Å²) in [6.45, 7) is 2.01. The Morgan fingerprint density at radius 2 is 2.12 bits per heavy atom. The van der Waals surface area contributed by atoms with Crippen molar-refractivity contribution < 1.29 is 4.79 Å². The van der Waals surface area contributed by atoms with Crippen LogP contribution in [0.1, 0.15) is 28.5 Å².